The summed E-state index contributed by atoms with van der Waals surface area (Å²) in [5.41, 5.74) is 4.57. The molecule has 88 valence electrons. The molecule has 0 radical (unpaired) electrons. The van der Waals surface area contributed by atoms with Gasteiger partial charge < -0.3 is 0 Å². The van der Waals surface area contributed by atoms with Crippen LogP contribution in [0, 0.1) is 10.5 Å². The Bertz CT molecular complexity index is 705. The Morgan fingerprint density at radius 3 is 2.33 bits per heavy atom. The first-order valence-electron chi connectivity index (χ1n) is 5.87. The molecule has 0 amide bonds. The number of nitrogens with zero attached hydrogens (tertiary/aromatic N) is 1. The number of halogens is 1. The lowest BCUT2D eigenvalue weighted by atomic mass is 10.0. The molecule has 3 rings (SSSR count). The van der Waals surface area contributed by atoms with Crippen LogP contribution in [0.5, 0.6) is 0 Å². The lowest BCUT2D eigenvalue weighted by Gasteiger charge is -2.10. The number of hydrogen-bond acceptors (Lipinski definition) is 1. The van der Waals surface area contributed by atoms with E-state index in [0.717, 1.165) is 11.2 Å². The fourth-order valence-electron chi connectivity index (χ4n) is 2.14. The van der Waals surface area contributed by atoms with Crippen LogP contribution in [0.1, 0.15) is 5.56 Å². The van der Waals surface area contributed by atoms with E-state index in [2.05, 4.69) is 72.0 Å². The number of fused-ring (bicyclic) bond motifs is 1. The first-order valence-corrected chi connectivity index (χ1v) is 6.95. The Hall–Kier alpha value is -1.42. The molecule has 0 spiro atoms. The van der Waals surface area contributed by atoms with Gasteiger partial charge in [-0.2, -0.15) is 0 Å². The highest BCUT2D eigenvalue weighted by atomic mass is 127. The lowest BCUT2D eigenvalue weighted by Crippen LogP contribution is -1.94. The minimum absolute atomic E-state index is 1.06. The van der Waals surface area contributed by atoms with Gasteiger partial charge in [0, 0.05) is 14.5 Å². The van der Waals surface area contributed by atoms with E-state index in [1.165, 1.54) is 20.1 Å². The smallest absolute Gasteiger partial charge is 0.0749 e. The zero-order valence-electron chi connectivity index (χ0n) is 10.0. The van der Waals surface area contributed by atoms with E-state index in [-0.39, 0.29) is 0 Å². The summed E-state index contributed by atoms with van der Waals surface area (Å²) in [6.45, 7) is 2.14. The Kier molecular flexibility index (Phi) is 3.04. The third-order valence-electron chi connectivity index (χ3n) is 3.10. The summed E-state index contributed by atoms with van der Waals surface area (Å²) in [4.78, 5) is 4.80. The van der Waals surface area contributed by atoms with Crippen molar-refractivity contribution in [3.8, 4) is 11.3 Å². The van der Waals surface area contributed by atoms with E-state index in [1.807, 2.05) is 12.1 Å². The first kappa shape index (κ1) is 11.7. The molecule has 0 aliphatic heterocycles. The van der Waals surface area contributed by atoms with Gasteiger partial charge in [-0.3, -0.25) is 0 Å². The highest BCUT2D eigenvalue weighted by Crippen LogP contribution is 2.30. The highest BCUT2D eigenvalue weighted by molar-refractivity contribution is 14.1. The molecule has 0 fully saturated rings. The van der Waals surface area contributed by atoms with Crippen molar-refractivity contribution in [2.75, 3.05) is 0 Å². The first-order chi connectivity index (χ1) is 8.77. The van der Waals surface area contributed by atoms with Gasteiger partial charge in [-0.25, -0.2) is 4.98 Å². The molecule has 0 saturated carbocycles. The summed E-state index contributed by atoms with van der Waals surface area (Å²) in [6.07, 6.45) is 0. The summed E-state index contributed by atoms with van der Waals surface area (Å²) in [6, 6.07) is 18.7. The van der Waals surface area contributed by atoms with Gasteiger partial charge in [0.25, 0.3) is 0 Å². The van der Waals surface area contributed by atoms with Crippen molar-refractivity contribution in [2.24, 2.45) is 0 Å². The van der Waals surface area contributed by atoms with E-state index in [1.54, 1.807) is 0 Å². The summed E-state index contributed by atoms with van der Waals surface area (Å²) in [5, 5.41) is 1.23. The fraction of sp³-hybridized carbons (Fsp3) is 0.0625. The molecular weight excluding hydrogens is 333 g/mol. The monoisotopic (exact) mass is 345 g/mol. The SMILES string of the molecule is Cc1c(-c2ccccc2)nc2ccccc2c1I. The number of para-hydroxylation sites is 1. The summed E-state index contributed by atoms with van der Waals surface area (Å²) in [5.74, 6) is 0. The summed E-state index contributed by atoms with van der Waals surface area (Å²) in [7, 11) is 0. The highest BCUT2D eigenvalue weighted by Gasteiger charge is 2.10. The zero-order valence-corrected chi connectivity index (χ0v) is 12.2. The van der Waals surface area contributed by atoms with Gasteiger partial charge in [-0.1, -0.05) is 48.5 Å². The van der Waals surface area contributed by atoms with Gasteiger partial charge in [0.05, 0.1) is 11.2 Å². The number of rotatable bonds is 1. The van der Waals surface area contributed by atoms with E-state index in [4.69, 9.17) is 4.98 Å². The molecule has 0 unspecified atom stereocenters. The molecule has 2 aromatic carbocycles. The van der Waals surface area contributed by atoms with Crippen molar-refractivity contribution in [1.29, 1.82) is 0 Å². The van der Waals surface area contributed by atoms with Crippen LogP contribution in [-0.4, -0.2) is 4.98 Å². The van der Waals surface area contributed by atoms with Gasteiger partial charge in [0.2, 0.25) is 0 Å². The number of pyridine rings is 1. The van der Waals surface area contributed by atoms with E-state index < -0.39 is 0 Å². The van der Waals surface area contributed by atoms with Crippen LogP contribution in [0.3, 0.4) is 0 Å². The second kappa shape index (κ2) is 4.69. The maximum atomic E-state index is 4.80. The molecule has 0 aliphatic carbocycles. The van der Waals surface area contributed by atoms with Crippen LogP contribution in [-0.2, 0) is 0 Å². The molecule has 18 heavy (non-hydrogen) atoms. The number of hydrogen-bond donors (Lipinski definition) is 0. The molecular formula is C16H12IN. The Morgan fingerprint density at radius 2 is 1.56 bits per heavy atom. The molecule has 0 atom stereocenters. The second-order valence-electron chi connectivity index (χ2n) is 4.28. The molecule has 1 nitrogen and oxygen atoms in total. The van der Waals surface area contributed by atoms with Crippen LogP contribution >= 0.6 is 22.6 Å². The fourth-order valence-corrected chi connectivity index (χ4v) is 2.86. The molecule has 0 aliphatic rings. The average molecular weight is 345 g/mol. The van der Waals surface area contributed by atoms with E-state index in [0.29, 0.717) is 0 Å². The normalized spacial score (nSPS) is 10.8. The maximum absolute atomic E-state index is 4.80. The molecule has 0 bridgehead atoms. The van der Waals surface area contributed by atoms with Crippen LogP contribution in [0.2, 0.25) is 0 Å². The lowest BCUT2D eigenvalue weighted by molar-refractivity contribution is 1.31. The predicted octanol–water partition coefficient (Wildman–Crippen LogP) is 4.81. The molecule has 1 aromatic heterocycles. The van der Waals surface area contributed by atoms with E-state index in [9.17, 15) is 0 Å². The standard InChI is InChI=1S/C16H12IN/c1-11-15(17)13-9-5-6-10-14(13)18-16(11)12-7-3-2-4-8-12/h2-10H,1H3. The van der Waals surface area contributed by atoms with Crippen molar-refractivity contribution in [2.45, 2.75) is 6.92 Å². The Balaban J connectivity index is 2.34. The molecule has 0 N–H and O–H groups in total. The van der Waals surface area contributed by atoms with Gasteiger partial charge >= 0.3 is 0 Å². The molecule has 2 heteroatoms. The van der Waals surface area contributed by atoms with Gasteiger partial charge in [-0.15, -0.1) is 0 Å². The molecule has 0 saturated heterocycles. The minimum atomic E-state index is 1.06. The van der Waals surface area contributed by atoms with E-state index >= 15 is 0 Å². The van der Waals surface area contributed by atoms with Crippen LogP contribution in [0.25, 0.3) is 22.2 Å². The van der Waals surface area contributed by atoms with Gasteiger partial charge in [0.1, 0.15) is 0 Å². The van der Waals surface area contributed by atoms with Crippen LogP contribution < -0.4 is 0 Å². The minimum Gasteiger partial charge on any atom is -0.247 e. The predicted molar refractivity (Wildman–Crippen MR) is 84.6 cm³/mol. The molecule has 1 heterocycles. The average Bonchev–Trinajstić information content (AvgIpc) is 2.44. The largest absolute Gasteiger partial charge is 0.247 e. The topological polar surface area (TPSA) is 12.9 Å². The van der Waals surface area contributed by atoms with Crippen molar-refractivity contribution < 1.29 is 0 Å². The van der Waals surface area contributed by atoms with Crippen LogP contribution in [0.4, 0.5) is 0 Å². The van der Waals surface area contributed by atoms with Gasteiger partial charge in [-0.05, 0) is 41.1 Å². The summed E-state index contributed by atoms with van der Waals surface area (Å²) < 4.78 is 1.29. The number of aromatic nitrogens is 1. The van der Waals surface area contributed by atoms with Crippen LogP contribution in [0.15, 0.2) is 54.6 Å². The zero-order chi connectivity index (χ0) is 12.5. The van der Waals surface area contributed by atoms with Crippen molar-refractivity contribution in [3.63, 3.8) is 0 Å². The quantitative estimate of drug-likeness (QED) is 0.577. The number of benzene rings is 2. The second-order valence-corrected chi connectivity index (χ2v) is 5.36. The van der Waals surface area contributed by atoms with Crippen molar-refractivity contribution >= 4 is 33.5 Å². The van der Waals surface area contributed by atoms with Crippen molar-refractivity contribution in [3.05, 3.63) is 63.7 Å². The maximum Gasteiger partial charge on any atom is 0.0749 e. The third-order valence-corrected chi connectivity index (χ3v) is 4.49. The Labute approximate surface area is 120 Å². The van der Waals surface area contributed by atoms with Crippen molar-refractivity contribution in [1.82, 2.24) is 4.98 Å². The molecule has 3 aromatic rings. The summed E-state index contributed by atoms with van der Waals surface area (Å²) >= 11 is 2.42. The Morgan fingerprint density at radius 1 is 0.889 bits per heavy atom. The van der Waals surface area contributed by atoms with Gasteiger partial charge in [0.15, 0.2) is 0 Å². The third kappa shape index (κ3) is 1.90.